The van der Waals surface area contributed by atoms with Gasteiger partial charge in [0, 0.05) is 21.4 Å². The molecule has 0 spiro atoms. The first kappa shape index (κ1) is 14.5. The fourth-order valence-electron chi connectivity index (χ4n) is 1.89. The third-order valence-electron chi connectivity index (χ3n) is 2.97. The highest BCUT2D eigenvalue weighted by atomic mass is 35.5. The van der Waals surface area contributed by atoms with E-state index in [-0.39, 0.29) is 10.8 Å². The third-order valence-corrected chi connectivity index (χ3v) is 4.56. The number of benzene rings is 1. The Bertz CT molecular complexity index is 553. The molecule has 1 atom stereocenters. The summed E-state index contributed by atoms with van der Waals surface area (Å²) in [7, 11) is 0. The molecular weight excluding hydrogens is 281 g/mol. The smallest absolute Gasteiger partial charge is 0.150 e. The lowest BCUT2D eigenvalue weighted by Gasteiger charge is -2.10. The van der Waals surface area contributed by atoms with E-state index in [2.05, 4.69) is 19.2 Å². The fraction of sp³-hybridized carbons (Fsp3) is 0.333. The lowest BCUT2D eigenvalue weighted by molar-refractivity contribution is 0.578. The molecule has 0 aliphatic rings. The molecule has 1 nitrogen and oxygen atoms in total. The molecule has 0 fully saturated rings. The number of thiophene rings is 1. The number of hydrogen-bond donors (Lipinski definition) is 1. The third kappa shape index (κ3) is 3.35. The highest BCUT2D eigenvalue weighted by molar-refractivity contribution is 7.15. The van der Waals surface area contributed by atoms with Crippen LogP contribution in [0.25, 0.3) is 10.4 Å². The monoisotopic (exact) mass is 297 g/mol. The van der Waals surface area contributed by atoms with Gasteiger partial charge in [-0.2, -0.15) is 0 Å². The maximum absolute atomic E-state index is 14.0. The van der Waals surface area contributed by atoms with Crippen molar-refractivity contribution in [3.05, 3.63) is 46.0 Å². The van der Waals surface area contributed by atoms with Crippen LogP contribution in [0.5, 0.6) is 0 Å². The Kier molecular flexibility index (Phi) is 4.97. The van der Waals surface area contributed by atoms with Crippen LogP contribution in [0, 0.1) is 5.82 Å². The summed E-state index contributed by atoms with van der Waals surface area (Å²) in [4.78, 5) is 2.13. The van der Waals surface area contributed by atoms with Crippen molar-refractivity contribution in [1.29, 1.82) is 0 Å². The van der Waals surface area contributed by atoms with Crippen LogP contribution in [-0.2, 0) is 0 Å². The maximum Gasteiger partial charge on any atom is 0.150 e. The minimum absolute atomic E-state index is 0.171. The van der Waals surface area contributed by atoms with Crippen LogP contribution in [0.4, 0.5) is 4.39 Å². The molecule has 2 rings (SSSR count). The molecule has 1 heterocycles. The van der Waals surface area contributed by atoms with E-state index in [0.717, 1.165) is 17.8 Å². The van der Waals surface area contributed by atoms with Crippen LogP contribution in [0.15, 0.2) is 30.3 Å². The van der Waals surface area contributed by atoms with E-state index in [0.29, 0.717) is 11.6 Å². The first-order valence-electron chi connectivity index (χ1n) is 6.41. The number of rotatable bonds is 5. The van der Waals surface area contributed by atoms with Gasteiger partial charge in [0.2, 0.25) is 0 Å². The highest BCUT2D eigenvalue weighted by Crippen LogP contribution is 2.34. The highest BCUT2D eigenvalue weighted by Gasteiger charge is 2.13. The second-order valence-corrected chi connectivity index (χ2v) is 6.00. The topological polar surface area (TPSA) is 12.0 Å². The minimum atomic E-state index is -0.341. The summed E-state index contributed by atoms with van der Waals surface area (Å²) in [5, 5.41) is 3.60. The molecule has 0 bridgehead atoms. The predicted octanol–water partition coefficient (Wildman–Crippen LogP) is 5.27. The SMILES string of the molecule is CCCNC(C)c1ccc(-c2cccc(Cl)c2F)s1. The molecule has 0 radical (unpaired) electrons. The lowest BCUT2D eigenvalue weighted by Crippen LogP contribution is -2.18. The molecule has 0 amide bonds. The molecule has 4 heteroatoms. The average molecular weight is 298 g/mol. The van der Waals surface area contributed by atoms with E-state index in [4.69, 9.17) is 11.6 Å². The van der Waals surface area contributed by atoms with Crippen molar-refractivity contribution in [2.24, 2.45) is 0 Å². The van der Waals surface area contributed by atoms with Crippen LogP contribution in [0.2, 0.25) is 5.02 Å². The van der Waals surface area contributed by atoms with E-state index in [1.165, 1.54) is 4.88 Å². The summed E-state index contributed by atoms with van der Waals surface area (Å²) in [6.45, 7) is 5.25. The van der Waals surface area contributed by atoms with Gasteiger partial charge in [0.1, 0.15) is 5.82 Å². The van der Waals surface area contributed by atoms with Gasteiger partial charge >= 0.3 is 0 Å². The standard InChI is InChI=1S/C15H17ClFNS/c1-3-9-18-10(2)13-7-8-14(19-13)11-5-4-6-12(16)15(11)17/h4-8,10,18H,3,9H2,1-2H3. The molecule has 1 N–H and O–H groups in total. The lowest BCUT2D eigenvalue weighted by atomic mass is 10.2. The van der Waals surface area contributed by atoms with Crippen LogP contribution >= 0.6 is 22.9 Å². The van der Waals surface area contributed by atoms with Crippen molar-refractivity contribution in [1.82, 2.24) is 5.32 Å². The summed E-state index contributed by atoms with van der Waals surface area (Å²) in [5.74, 6) is -0.341. The normalized spacial score (nSPS) is 12.6. The molecule has 0 saturated carbocycles. The minimum Gasteiger partial charge on any atom is -0.309 e. The Morgan fingerprint density at radius 3 is 2.84 bits per heavy atom. The molecule has 1 aromatic heterocycles. The second-order valence-electron chi connectivity index (χ2n) is 4.48. The van der Waals surface area contributed by atoms with Crippen molar-refractivity contribution in [2.45, 2.75) is 26.3 Å². The van der Waals surface area contributed by atoms with Gasteiger partial charge in [-0.15, -0.1) is 11.3 Å². The van der Waals surface area contributed by atoms with Crippen molar-refractivity contribution in [3.63, 3.8) is 0 Å². The Morgan fingerprint density at radius 1 is 1.32 bits per heavy atom. The molecule has 1 unspecified atom stereocenters. The van der Waals surface area contributed by atoms with Crippen LogP contribution < -0.4 is 5.32 Å². The van der Waals surface area contributed by atoms with Crippen LogP contribution in [0.1, 0.15) is 31.2 Å². The van der Waals surface area contributed by atoms with Gasteiger partial charge in [-0.25, -0.2) is 4.39 Å². The van der Waals surface area contributed by atoms with Gasteiger partial charge in [-0.05, 0) is 38.1 Å². The van der Waals surface area contributed by atoms with E-state index in [1.807, 2.05) is 12.1 Å². The summed E-state index contributed by atoms with van der Waals surface area (Å²) in [5.41, 5.74) is 0.575. The van der Waals surface area contributed by atoms with E-state index < -0.39 is 0 Å². The molecule has 19 heavy (non-hydrogen) atoms. The molecule has 1 aromatic carbocycles. The van der Waals surface area contributed by atoms with Gasteiger partial charge in [0.15, 0.2) is 0 Å². The van der Waals surface area contributed by atoms with E-state index in [1.54, 1.807) is 29.5 Å². The van der Waals surface area contributed by atoms with Crippen molar-refractivity contribution in [2.75, 3.05) is 6.54 Å². The van der Waals surface area contributed by atoms with Gasteiger partial charge in [-0.3, -0.25) is 0 Å². The maximum atomic E-state index is 14.0. The van der Waals surface area contributed by atoms with Gasteiger partial charge in [0.25, 0.3) is 0 Å². The Balaban J connectivity index is 2.23. The van der Waals surface area contributed by atoms with Crippen molar-refractivity contribution >= 4 is 22.9 Å². The second kappa shape index (κ2) is 6.51. The largest absolute Gasteiger partial charge is 0.309 e. The Hall–Kier alpha value is -0.900. The molecule has 2 aromatic rings. The summed E-state index contributed by atoms with van der Waals surface area (Å²) in [6.07, 6.45) is 1.10. The van der Waals surface area contributed by atoms with E-state index in [9.17, 15) is 4.39 Å². The molecule has 0 aliphatic heterocycles. The molecule has 0 aliphatic carbocycles. The summed E-state index contributed by atoms with van der Waals surface area (Å²) < 4.78 is 14.0. The number of nitrogens with one attached hydrogen (secondary N) is 1. The average Bonchev–Trinajstić information content (AvgIpc) is 2.88. The van der Waals surface area contributed by atoms with Crippen molar-refractivity contribution < 1.29 is 4.39 Å². The van der Waals surface area contributed by atoms with Crippen LogP contribution in [0.3, 0.4) is 0 Å². The van der Waals surface area contributed by atoms with Gasteiger partial charge in [-0.1, -0.05) is 30.7 Å². The molecule has 102 valence electrons. The zero-order valence-corrected chi connectivity index (χ0v) is 12.6. The Labute approximate surface area is 122 Å². The van der Waals surface area contributed by atoms with E-state index >= 15 is 0 Å². The van der Waals surface area contributed by atoms with Gasteiger partial charge < -0.3 is 5.32 Å². The van der Waals surface area contributed by atoms with Crippen LogP contribution in [-0.4, -0.2) is 6.54 Å². The molecule has 0 saturated heterocycles. The Morgan fingerprint density at radius 2 is 2.11 bits per heavy atom. The summed E-state index contributed by atoms with van der Waals surface area (Å²) in [6, 6.07) is 9.41. The zero-order valence-electron chi connectivity index (χ0n) is 11.0. The fourth-order valence-corrected chi connectivity index (χ4v) is 3.11. The number of hydrogen-bond acceptors (Lipinski definition) is 2. The van der Waals surface area contributed by atoms with Gasteiger partial charge in [0.05, 0.1) is 5.02 Å². The predicted molar refractivity (Wildman–Crippen MR) is 81.4 cm³/mol. The molecular formula is C15H17ClFNS. The first-order valence-corrected chi connectivity index (χ1v) is 7.60. The van der Waals surface area contributed by atoms with Crippen molar-refractivity contribution in [3.8, 4) is 10.4 Å². The summed E-state index contributed by atoms with van der Waals surface area (Å²) >= 11 is 7.43. The quantitative estimate of drug-likeness (QED) is 0.793. The zero-order chi connectivity index (χ0) is 13.8. The number of halogens is 2. The first-order chi connectivity index (χ1) is 9.13.